The predicted octanol–water partition coefficient (Wildman–Crippen LogP) is 1.21. The lowest BCUT2D eigenvalue weighted by Crippen LogP contribution is -2.64. The van der Waals surface area contributed by atoms with Crippen molar-refractivity contribution in [1.82, 2.24) is 9.99 Å². The topological polar surface area (TPSA) is 173 Å². The first-order chi connectivity index (χ1) is 19.0. The third-order valence-electron chi connectivity index (χ3n) is 6.29. The molecule has 0 aromatic heterocycles. The van der Waals surface area contributed by atoms with Gasteiger partial charge in [0, 0.05) is 6.92 Å². The van der Waals surface area contributed by atoms with Crippen LogP contribution in [0.25, 0.3) is 0 Å². The van der Waals surface area contributed by atoms with E-state index in [0.29, 0.717) is 5.75 Å². The van der Waals surface area contributed by atoms with Crippen LogP contribution in [0.4, 0.5) is 0 Å². The minimum atomic E-state index is -4.58. The van der Waals surface area contributed by atoms with Gasteiger partial charge in [0.15, 0.2) is 6.29 Å². The summed E-state index contributed by atoms with van der Waals surface area (Å²) in [6.07, 6.45) is -6.32. The van der Waals surface area contributed by atoms with Crippen LogP contribution >= 0.6 is 7.75 Å². The van der Waals surface area contributed by atoms with Gasteiger partial charge in [0.05, 0.1) is 13.7 Å². The largest absolute Gasteiger partial charge is 0.497 e. The zero-order valence-electron chi connectivity index (χ0n) is 22.6. The van der Waals surface area contributed by atoms with Crippen molar-refractivity contribution in [2.45, 2.75) is 57.1 Å². The molecule has 4 N–H and O–H groups in total. The lowest BCUT2D eigenvalue weighted by atomic mass is 9.97. The summed E-state index contributed by atoms with van der Waals surface area (Å²) >= 11 is 0. The molecule has 220 valence electrons. The van der Waals surface area contributed by atoms with Crippen LogP contribution in [0.1, 0.15) is 19.4 Å². The van der Waals surface area contributed by atoms with Gasteiger partial charge in [0.2, 0.25) is 5.91 Å². The van der Waals surface area contributed by atoms with Crippen molar-refractivity contribution in [2.75, 3.05) is 20.8 Å². The average Bonchev–Trinajstić information content (AvgIpc) is 2.95. The third-order valence-corrected chi connectivity index (χ3v) is 8.36. The van der Waals surface area contributed by atoms with E-state index in [-0.39, 0.29) is 12.4 Å². The first-order valence-corrected chi connectivity index (χ1v) is 13.9. The molecule has 7 atom stereocenters. The highest BCUT2D eigenvalue weighted by molar-refractivity contribution is 7.51. The molecule has 14 heteroatoms. The Kier molecular flexibility index (Phi) is 11.1. The SMILES string of the molecule is COc1ccc(OP(=O)(O[C@H]2[C@H](O)[C@@H](CO)O[C@H](O)[C@@H]2NC(C)=O)N(C)C(C)C(=O)OCc2ccccc2)cc1. The fraction of sp³-hybridized carbons (Fsp3) is 0.462. The standard InChI is InChI=1S/C26H35N2O11P/c1-16(25(32)36-15-18-8-6-5-7-9-18)28(3)40(34,38-20-12-10-19(35-4)11-13-20)39-24-22(27-17(2)30)26(33)37-21(14-29)23(24)31/h5-13,16,21-24,26,29,31,33H,14-15H2,1-4H3,(H,27,30)/t16?,21-,22-,23-,24-,26+,40?/m1/s1. The number of ether oxygens (including phenoxy) is 3. The normalized spacial score (nSPS) is 24.9. The zero-order valence-corrected chi connectivity index (χ0v) is 23.5. The van der Waals surface area contributed by atoms with Crippen molar-refractivity contribution >= 4 is 19.6 Å². The van der Waals surface area contributed by atoms with Crippen molar-refractivity contribution in [3.8, 4) is 11.5 Å². The number of methoxy groups -OCH3 is 1. The number of esters is 1. The Morgan fingerprint density at radius 1 is 1.10 bits per heavy atom. The Morgan fingerprint density at radius 2 is 1.73 bits per heavy atom. The lowest BCUT2D eigenvalue weighted by molar-refractivity contribution is -0.250. The molecule has 3 rings (SSSR count). The number of hydrogen-bond donors (Lipinski definition) is 4. The summed E-state index contributed by atoms with van der Waals surface area (Å²) < 4.78 is 42.8. The van der Waals surface area contributed by atoms with Gasteiger partial charge in [0.25, 0.3) is 0 Å². The molecule has 0 radical (unpaired) electrons. The van der Waals surface area contributed by atoms with Gasteiger partial charge in [0.1, 0.15) is 48.5 Å². The quantitative estimate of drug-likeness (QED) is 0.208. The number of aliphatic hydroxyl groups is 3. The molecule has 0 aliphatic carbocycles. The maximum atomic E-state index is 14.4. The molecule has 0 bridgehead atoms. The van der Waals surface area contributed by atoms with Gasteiger partial charge in [-0.25, -0.2) is 4.57 Å². The number of carbonyl (C=O) groups excluding carboxylic acids is 2. The summed E-state index contributed by atoms with van der Waals surface area (Å²) in [4.78, 5) is 24.8. The summed E-state index contributed by atoms with van der Waals surface area (Å²) in [5, 5.41) is 33.4. The first-order valence-electron chi connectivity index (χ1n) is 12.4. The predicted molar refractivity (Wildman–Crippen MR) is 141 cm³/mol. The fourth-order valence-electron chi connectivity index (χ4n) is 3.90. The van der Waals surface area contributed by atoms with Crippen molar-refractivity contribution in [3.63, 3.8) is 0 Å². The number of nitrogens with zero attached hydrogens (tertiary/aromatic N) is 1. The van der Waals surface area contributed by atoms with Crippen LogP contribution < -0.4 is 14.6 Å². The van der Waals surface area contributed by atoms with Crippen LogP contribution in [0.5, 0.6) is 11.5 Å². The van der Waals surface area contributed by atoms with Crippen molar-refractivity contribution in [3.05, 3.63) is 60.2 Å². The van der Waals surface area contributed by atoms with Crippen LogP contribution in [0, 0.1) is 0 Å². The Hall–Kier alpha value is -3.03. The van der Waals surface area contributed by atoms with E-state index in [1.165, 1.54) is 40.1 Å². The minimum absolute atomic E-state index is 0.0317. The van der Waals surface area contributed by atoms with Gasteiger partial charge in [-0.15, -0.1) is 0 Å². The Labute approximate surface area is 232 Å². The molecule has 40 heavy (non-hydrogen) atoms. The van der Waals surface area contributed by atoms with Gasteiger partial charge >= 0.3 is 13.7 Å². The van der Waals surface area contributed by atoms with E-state index in [2.05, 4.69) is 5.32 Å². The number of likely N-dealkylation sites (N-methyl/N-ethyl adjacent to an activating group) is 1. The first kappa shape index (κ1) is 31.5. The fourth-order valence-corrected chi connectivity index (χ4v) is 5.69. The molecule has 1 amide bonds. The molecule has 0 saturated carbocycles. The molecule has 13 nitrogen and oxygen atoms in total. The summed E-state index contributed by atoms with van der Waals surface area (Å²) in [6, 6.07) is 12.4. The molecule has 0 spiro atoms. The summed E-state index contributed by atoms with van der Waals surface area (Å²) in [5.74, 6) is -0.785. The highest BCUT2D eigenvalue weighted by atomic mass is 31.2. The molecular weight excluding hydrogens is 547 g/mol. The number of benzene rings is 2. The smallest absolute Gasteiger partial charge is 0.462 e. The van der Waals surface area contributed by atoms with E-state index in [9.17, 15) is 29.5 Å². The van der Waals surface area contributed by atoms with Crippen LogP contribution in [0.2, 0.25) is 0 Å². The number of amides is 1. The minimum Gasteiger partial charge on any atom is -0.497 e. The Balaban J connectivity index is 1.92. The zero-order chi connectivity index (χ0) is 29.4. The average molecular weight is 583 g/mol. The van der Waals surface area contributed by atoms with E-state index < -0.39 is 62.9 Å². The molecule has 2 unspecified atom stereocenters. The molecule has 1 saturated heterocycles. The second-order valence-electron chi connectivity index (χ2n) is 9.11. The highest BCUT2D eigenvalue weighted by Crippen LogP contribution is 2.54. The van der Waals surface area contributed by atoms with E-state index in [1.807, 2.05) is 6.07 Å². The highest BCUT2D eigenvalue weighted by Gasteiger charge is 2.51. The molecule has 1 fully saturated rings. The van der Waals surface area contributed by atoms with Crippen LogP contribution in [0.3, 0.4) is 0 Å². The molecule has 1 aliphatic heterocycles. The van der Waals surface area contributed by atoms with E-state index in [0.717, 1.165) is 10.2 Å². The van der Waals surface area contributed by atoms with Gasteiger partial charge < -0.3 is 39.4 Å². The molecule has 2 aromatic carbocycles. The number of aliphatic hydroxyl groups excluding tert-OH is 3. The van der Waals surface area contributed by atoms with E-state index in [4.69, 9.17) is 23.3 Å². The lowest BCUT2D eigenvalue weighted by Gasteiger charge is -2.44. The number of hydrogen-bond acceptors (Lipinski definition) is 11. The summed E-state index contributed by atoms with van der Waals surface area (Å²) in [5.41, 5.74) is 0.743. The number of nitrogens with one attached hydrogen (secondary N) is 1. The van der Waals surface area contributed by atoms with Crippen molar-refractivity contribution in [2.24, 2.45) is 0 Å². The third kappa shape index (κ3) is 7.79. The van der Waals surface area contributed by atoms with E-state index in [1.54, 1.807) is 36.4 Å². The summed E-state index contributed by atoms with van der Waals surface area (Å²) in [6.45, 7) is 1.85. The molecule has 1 heterocycles. The molecule has 1 aliphatic rings. The second-order valence-corrected chi connectivity index (χ2v) is 11.1. The maximum Gasteiger partial charge on any atom is 0.462 e. The van der Waals surface area contributed by atoms with Gasteiger partial charge in [-0.05, 0) is 43.8 Å². The van der Waals surface area contributed by atoms with Gasteiger partial charge in [-0.3, -0.25) is 14.1 Å². The van der Waals surface area contributed by atoms with Crippen LogP contribution in [0.15, 0.2) is 54.6 Å². The van der Waals surface area contributed by atoms with Crippen LogP contribution in [-0.4, -0.2) is 89.3 Å². The number of rotatable bonds is 12. The Morgan fingerprint density at radius 3 is 2.30 bits per heavy atom. The van der Waals surface area contributed by atoms with Crippen LogP contribution in [-0.2, 0) is 34.8 Å². The van der Waals surface area contributed by atoms with Gasteiger partial charge in [-0.2, -0.15) is 4.67 Å². The summed E-state index contributed by atoms with van der Waals surface area (Å²) in [7, 11) is -1.81. The van der Waals surface area contributed by atoms with Crippen molar-refractivity contribution in [1.29, 1.82) is 0 Å². The molecule has 2 aromatic rings. The molecular formula is C26H35N2O11P. The second kappa shape index (κ2) is 14.0. The van der Waals surface area contributed by atoms with E-state index >= 15 is 0 Å². The van der Waals surface area contributed by atoms with Crippen molar-refractivity contribution < 1.29 is 52.7 Å². The Bertz CT molecular complexity index is 1170. The number of carbonyl (C=O) groups is 2. The monoisotopic (exact) mass is 582 g/mol. The van der Waals surface area contributed by atoms with Gasteiger partial charge in [-0.1, -0.05) is 30.3 Å². The maximum absolute atomic E-state index is 14.4.